The Morgan fingerprint density at radius 2 is 1.50 bits per heavy atom. The number of amides is 1. The molecule has 0 saturated carbocycles. The van der Waals surface area contributed by atoms with Gasteiger partial charge in [-0.1, -0.05) is 41.9 Å². The van der Waals surface area contributed by atoms with E-state index in [0.29, 0.717) is 33.5 Å². The summed E-state index contributed by atoms with van der Waals surface area (Å²) < 4.78 is 38.4. The average Bonchev–Trinajstić information content (AvgIpc) is 2.93. The van der Waals surface area contributed by atoms with Crippen LogP contribution >= 0.6 is 11.6 Å². The molecule has 4 aromatic carbocycles. The first-order chi connectivity index (χ1) is 18.2. The van der Waals surface area contributed by atoms with E-state index < -0.39 is 15.9 Å². The van der Waals surface area contributed by atoms with Gasteiger partial charge in [-0.15, -0.1) is 0 Å². The third-order valence-electron chi connectivity index (χ3n) is 5.38. The maximum atomic E-state index is 12.9. The molecule has 2 N–H and O–H groups in total. The van der Waals surface area contributed by atoms with Gasteiger partial charge in [0.25, 0.3) is 15.9 Å². The Bertz CT molecular complexity index is 1540. The maximum absolute atomic E-state index is 12.9. The van der Waals surface area contributed by atoms with E-state index in [2.05, 4.69) is 10.0 Å². The van der Waals surface area contributed by atoms with E-state index in [4.69, 9.17) is 21.1 Å². The van der Waals surface area contributed by atoms with Crippen LogP contribution in [0.5, 0.6) is 11.5 Å². The molecule has 4 rings (SSSR count). The van der Waals surface area contributed by atoms with Crippen molar-refractivity contribution in [1.82, 2.24) is 0 Å². The molecule has 0 aromatic heterocycles. The third-order valence-corrected chi connectivity index (χ3v) is 7.01. The first kappa shape index (κ1) is 26.7. The highest BCUT2D eigenvalue weighted by Gasteiger charge is 2.17. The van der Waals surface area contributed by atoms with Crippen molar-refractivity contribution in [3.8, 4) is 11.5 Å². The first-order valence-corrected chi connectivity index (χ1v) is 13.2. The summed E-state index contributed by atoms with van der Waals surface area (Å²) in [5.74, 6) is 0.102. The smallest absolute Gasteiger partial charge is 0.262 e. The van der Waals surface area contributed by atoms with Gasteiger partial charge in [0.15, 0.2) is 12.4 Å². The van der Waals surface area contributed by atoms with E-state index in [-0.39, 0.29) is 22.8 Å². The van der Waals surface area contributed by atoms with Crippen molar-refractivity contribution in [2.75, 3.05) is 23.8 Å². The molecular weight excluding hydrogens is 528 g/mol. The number of ether oxygens (including phenoxy) is 2. The highest BCUT2D eigenvalue weighted by atomic mass is 35.5. The SMILES string of the molecule is COc1ccc(NS(=O)(=O)c2ccc(OCC(=O)Nc3ccc(Cl)cc3C(=O)c3ccccc3)cc2)cc1. The largest absolute Gasteiger partial charge is 0.497 e. The Balaban J connectivity index is 1.38. The Morgan fingerprint density at radius 1 is 0.842 bits per heavy atom. The predicted octanol–water partition coefficient (Wildman–Crippen LogP) is 5.40. The lowest BCUT2D eigenvalue weighted by Crippen LogP contribution is -2.21. The van der Waals surface area contributed by atoms with Gasteiger partial charge in [-0.25, -0.2) is 8.42 Å². The quantitative estimate of drug-likeness (QED) is 0.256. The number of methoxy groups -OCH3 is 1. The van der Waals surface area contributed by atoms with Gasteiger partial charge in [0.1, 0.15) is 11.5 Å². The first-order valence-electron chi connectivity index (χ1n) is 11.3. The number of carbonyl (C=O) groups is 2. The number of nitrogens with one attached hydrogen (secondary N) is 2. The van der Waals surface area contributed by atoms with Crippen molar-refractivity contribution < 1.29 is 27.5 Å². The molecule has 38 heavy (non-hydrogen) atoms. The average molecular weight is 551 g/mol. The summed E-state index contributed by atoms with van der Waals surface area (Å²) in [5.41, 5.74) is 1.38. The Morgan fingerprint density at radius 3 is 2.16 bits per heavy atom. The van der Waals surface area contributed by atoms with Crippen LogP contribution in [0.15, 0.2) is 102 Å². The van der Waals surface area contributed by atoms with Crippen molar-refractivity contribution in [3.05, 3.63) is 113 Å². The number of hydrogen-bond acceptors (Lipinski definition) is 6. The van der Waals surface area contributed by atoms with Crippen molar-refractivity contribution in [1.29, 1.82) is 0 Å². The fraction of sp³-hybridized carbons (Fsp3) is 0.0714. The Hall–Kier alpha value is -4.34. The van der Waals surface area contributed by atoms with Crippen molar-refractivity contribution in [2.45, 2.75) is 4.90 Å². The number of anilines is 2. The lowest BCUT2D eigenvalue weighted by atomic mass is 10.0. The second-order valence-corrected chi connectivity index (χ2v) is 10.1. The fourth-order valence-electron chi connectivity index (χ4n) is 3.48. The molecule has 0 aliphatic carbocycles. The standard InChI is InChI=1S/C28H23ClN2O6S/c1-36-22-10-8-21(9-11-22)31-38(34,35)24-14-12-23(13-15-24)37-18-27(32)30-26-16-7-20(29)17-25(26)28(33)19-5-3-2-4-6-19/h2-17,31H,18H2,1H3,(H,30,32). The number of sulfonamides is 1. The molecule has 0 fully saturated rings. The molecule has 0 heterocycles. The van der Waals surface area contributed by atoms with Crippen LogP contribution in [0.25, 0.3) is 0 Å². The summed E-state index contributed by atoms with van der Waals surface area (Å²) in [6.07, 6.45) is 0. The van der Waals surface area contributed by atoms with Crippen LogP contribution in [0.1, 0.15) is 15.9 Å². The summed E-state index contributed by atoms with van der Waals surface area (Å²) >= 11 is 6.09. The fourth-order valence-corrected chi connectivity index (χ4v) is 4.71. The summed E-state index contributed by atoms with van der Waals surface area (Å²) in [5, 5.41) is 3.03. The monoisotopic (exact) mass is 550 g/mol. The lowest BCUT2D eigenvalue weighted by molar-refractivity contribution is -0.118. The van der Waals surface area contributed by atoms with Gasteiger partial charge in [0, 0.05) is 21.8 Å². The number of ketones is 1. The summed E-state index contributed by atoms with van der Waals surface area (Å²) in [7, 11) is -2.31. The summed E-state index contributed by atoms with van der Waals surface area (Å²) in [6.45, 7) is -0.363. The molecule has 0 aliphatic heterocycles. The van der Waals surface area contributed by atoms with Gasteiger partial charge in [-0.05, 0) is 66.7 Å². The van der Waals surface area contributed by atoms with E-state index in [1.54, 1.807) is 66.7 Å². The number of benzene rings is 4. The van der Waals surface area contributed by atoms with Crippen LogP contribution in [-0.2, 0) is 14.8 Å². The van der Waals surface area contributed by atoms with Gasteiger partial charge in [-0.2, -0.15) is 0 Å². The van der Waals surface area contributed by atoms with E-state index in [1.807, 2.05) is 0 Å². The minimum absolute atomic E-state index is 0.0235. The lowest BCUT2D eigenvalue weighted by Gasteiger charge is -2.12. The molecule has 0 atom stereocenters. The number of carbonyl (C=O) groups excluding carboxylic acids is 2. The second kappa shape index (κ2) is 11.8. The van der Waals surface area contributed by atoms with Crippen LogP contribution < -0.4 is 19.5 Å². The molecule has 0 unspecified atom stereocenters. The summed E-state index contributed by atoms with van der Waals surface area (Å²) in [6, 6.07) is 25.3. The highest BCUT2D eigenvalue weighted by Crippen LogP contribution is 2.24. The van der Waals surface area contributed by atoms with Gasteiger partial charge in [0.2, 0.25) is 0 Å². The normalized spacial score (nSPS) is 10.9. The molecule has 1 amide bonds. The zero-order valence-electron chi connectivity index (χ0n) is 20.2. The maximum Gasteiger partial charge on any atom is 0.262 e. The number of halogens is 1. The van der Waals surface area contributed by atoms with Crippen molar-refractivity contribution >= 4 is 44.7 Å². The molecular formula is C28H23ClN2O6S. The molecule has 0 saturated heterocycles. The molecule has 0 spiro atoms. The Kier molecular flexibility index (Phi) is 8.30. The number of hydrogen-bond donors (Lipinski definition) is 2. The van der Waals surface area contributed by atoms with Gasteiger partial charge in [0.05, 0.1) is 17.7 Å². The minimum Gasteiger partial charge on any atom is -0.497 e. The van der Waals surface area contributed by atoms with Gasteiger partial charge in [-0.3, -0.25) is 14.3 Å². The highest BCUT2D eigenvalue weighted by molar-refractivity contribution is 7.92. The van der Waals surface area contributed by atoms with Gasteiger partial charge < -0.3 is 14.8 Å². The van der Waals surface area contributed by atoms with Crippen LogP contribution in [0.2, 0.25) is 5.02 Å². The number of rotatable bonds is 10. The third kappa shape index (κ3) is 6.70. The Labute approximate surface area is 225 Å². The summed E-state index contributed by atoms with van der Waals surface area (Å²) in [4.78, 5) is 25.5. The van der Waals surface area contributed by atoms with E-state index in [0.717, 1.165) is 0 Å². The molecule has 10 heteroatoms. The van der Waals surface area contributed by atoms with Crippen LogP contribution in [-0.4, -0.2) is 33.8 Å². The van der Waals surface area contributed by atoms with E-state index >= 15 is 0 Å². The van der Waals surface area contributed by atoms with Crippen molar-refractivity contribution in [2.24, 2.45) is 0 Å². The molecule has 0 bridgehead atoms. The van der Waals surface area contributed by atoms with E-state index in [1.165, 1.54) is 37.4 Å². The van der Waals surface area contributed by atoms with Gasteiger partial charge >= 0.3 is 0 Å². The molecule has 0 radical (unpaired) electrons. The predicted molar refractivity (Wildman–Crippen MR) is 146 cm³/mol. The minimum atomic E-state index is -3.83. The van der Waals surface area contributed by atoms with Crippen LogP contribution in [0, 0.1) is 0 Å². The molecule has 194 valence electrons. The molecule has 4 aromatic rings. The van der Waals surface area contributed by atoms with Crippen LogP contribution in [0.3, 0.4) is 0 Å². The zero-order valence-corrected chi connectivity index (χ0v) is 21.8. The molecule has 8 nitrogen and oxygen atoms in total. The van der Waals surface area contributed by atoms with Crippen LogP contribution in [0.4, 0.5) is 11.4 Å². The molecule has 0 aliphatic rings. The second-order valence-electron chi connectivity index (χ2n) is 8.03. The topological polar surface area (TPSA) is 111 Å². The van der Waals surface area contributed by atoms with Crippen molar-refractivity contribution in [3.63, 3.8) is 0 Å². The van der Waals surface area contributed by atoms with E-state index in [9.17, 15) is 18.0 Å². The zero-order chi connectivity index (χ0) is 27.1.